The molecule has 0 aliphatic rings. The normalized spacial score (nSPS) is 10.2. The molecular formula is C13H12F2N2. The van der Waals surface area contributed by atoms with Crippen molar-refractivity contribution in [1.82, 2.24) is 0 Å². The van der Waals surface area contributed by atoms with Gasteiger partial charge >= 0.3 is 0 Å². The number of hydrogen-bond donors (Lipinski definition) is 2. The first-order valence-electron chi connectivity index (χ1n) is 5.18. The van der Waals surface area contributed by atoms with Crippen molar-refractivity contribution in [3.8, 4) is 0 Å². The van der Waals surface area contributed by atoms with E-state index in [9.17, 15) is 8.78 Å². The highest BCUT2D eigenvalue weighted by molar-refractivity contribution is 5.52. The minimum absolute atomic E-state index is 0.304. The molecule has 3 N–H and O–H groups in total. The van der Waals surface area contributed by atoms with Crippen molar-refractivity contribution < 1.29 is 8.78 Å². The van der Waals surface area contributed by atoms with Crippen molar-refractivity contribution in [1.29, 1.82) is 0 Å². The highest BCUT2D eigenvalue weighted by Gasteiger charge is 2.02. The smallest absolute Gasteiger partial charge is 0.148 e. The summed E-state index contributed by atoms with van der Waals surface area (Å²) >= 11 is 0. The predicted octanol–water partition coefficient (Wildman–Crippen LogP) is 3.16. The lowest BCUT2D eigenvalue weighted by atomic mass is 10.2. The minimum atomic E-state index is -0.415. The third kappa shape index (κ3) is 2.93. The first-order valence-corrected chi connectivity index (χ1v) is 5.18. The molecule has 2 rings (SSSR count). The maximum atomic E-state index is 13.4. The van der Waals surface area contributed by atoms with Gasteiger partial charge in [-0.1, -0.05) is 12.1 Å². The van der Waals surface area contributed by atoms with Crippen LogP contribution in [0.25, 0.3) is 0 Å². The van der Waals surface area contributed by atoms with E-state index in [1.165, 1.54) is 18.2 Å². The Bertz CT molecular complexity index is 527. The second-order valence-electron chi connectivity index (χ2n) is 3.72. The third-order valence-electron chi connectivity index (χ3n) is 2.37. The molecule has 17 heavy (non-hydrogen) atoms. The average molecular weight is 234 g/mol. The number of rotatable bonds is 3. The molecule has 2 aromatic rings. The van der Waals surface area contributed by atoms with Crippen LogP contribution in [0.4, 0.5) is 20.2 Å². The van der Waals surface area contributed by atoms with E-state index in [1.807, 2.05) is 0 Å². The van der Waals surface area contributed by atoms with Crippen LogP contribution in [0.2, 0.25) is 0 Å². The molecule has 0 amide bonds. The van der Waals surface area contributed by atoms with Gasteiger partial charge in [0.05, 0.1) is 5.69 Å². The maximum absolute atomic E-state index is 13.4. The predicted molar refractivity (Wildman–Crippen MR) is 64.5 cm³/mol. The number of hydrogen-bond acceptors (Lipinski definition) is 2. The number of nitrogen functional groups attached to an aromatic ring is 1. The van der Waals surface area contributed by atoms with Crippen molar-refractivity contribution in [2.24, 2.45) is 0 Å². The van der Waals surface area contributed by atoms with Crippen molar-refractivity contribution in [2.75, 3.05) is 11.1 Å². The van der Waals surface area contributed by atoms with E-state index >= 15 is 0 Å². The molecule has 0 radical (unpaired) electrons. The molecular weight excluding hydrogens is 222 g/mol. The summed E-state index contributed by atoms with van der Waals surface area (Å²) in [5.74, 6) is -0.719. The molecule has 0 saturated carbocycles. The number of nitrogens with one attached hydrogen (secondary N) is 1. The van der Waals surface area contributed by atoms with Gasteiger partial charge in [0.2, 0.25) is 0 Å². The molecule has 2 nitrogen and oxygen atoms in total. The van der Waals surface area contributed by atoms with Crippen LogP contribution >= 0.6 is 0 Å². The summed E-state index contributed by atoms with van der Waals surface area (Å²) in [4.78, 5) is 0. The van der Waals surface area contributed by atoms with Gasteiger partial charge in [-0.25, -0.2) is 8.78 Å². The molecule has 88 valence electrons. The molecule has 0 heterocycles. The van der Waals surface area contributed by atoms with Crippen molar-refractivity contribution in [3.63, 3.8) is 0 Å². The van der Waals surface area contributed by atoms with Gasteiger partial charge in [0.1, 0.15) is 11.6 Å². The molecule has 0 aliphatic carbocycles. The average Bonchev–Trinajstić information content (AvgIpc) is 2.28. The first-order chi connectivity index (χ1) is 8.15. The summed E-state index contributed by atoms with van der Waals surface area (Å²) in [6, 6.07) is 10.6. The molecule has 4 heteroatoms. The lowest BCUT2D eigenvalue weighted by Crippen LogP contribution is -2.02. The molecule has 0 aliphatic heterocycles. The van der Waals surface area contributed by atoms with Crippen LogP contribution < -0.4 is 11.1 Å². The zero-order valence-electron chi connectivity index (χ0n) is 9.08. The van der Waals surface area contributed by atoms with E-state index in [2.05, 4.69) is 5.32 Å². The summed E-state index contributed by atoms with van der Waals surface area (Å²) < 4.78 is 26.3. The lowest BCUT2D eigenvalue weighted by Gasteiger charge is -2.08. The number of halogens is 2. The van der Waals surface area contributed by atoms with Gasteiger partial charge in [-0.05, 0) is 35.9 Å². The molecule has 0 spiro atoms. The van der Waals surface area contributed by atoms with Gasteiger partial charge in [-0.15, -0.1) is 0 Å². The Morgan fingerprint density at radius 2 is 1.88 bits per heavy atom. The quantitative estimate of drug-likeness (QED) is 0.800. The number of benzene rings is 2. The van der Waals surface area contributed by atoms with Crippen LogP contribution in [0.5, 0.6) is 0 Å². The van der Waals surface area contributed by atoms with Crippen molar-refractivity contribution in [3.05, 3.63) is 59.7 Å². The second kappa shape index (κ2) is 4.82. The minimum Gasteiger partial charge on any atom is -0.399 e. The Kier molecular flexibility index (Phi) is 3.23. The summed E-state index contributed by atoms with van der Waals surface area (Å²) in [7, 11) is 0. The lowest BCUT2D eigenvalue weighted by molar-refractivity contribution is 0.625. The highest BCUT2D eigenvalue weighted by atomic mass is 19.1. The molecule has 0 atom stereocenters. The van der Waals surface area contributed by atoms with E-state index in [0.29, 0.717) is 17.9 Å². The van der Waals surface area contributed by atoms with Crippen LogP contribution in [0.1, 0.15) is 5.56 Å². The van der Waals surface area contributed by atoms with E-state index in [-0.39, 0.29) is 5.82 Å². The zero-order chi connectivity index (χ0) is 12.3. The van der Waals surface area contributed by atoms with Crippen molar-refractivity contribution >= 4 is 11.4 Å². The van der Waals surface area contributed by atoms with E-state index in [4.69, 9.17) is 5.73 Å². The van der Waals surface area contributed by atoms with Crippen LogP contribution in [0.15, 0.2) is 42.5 Å². The van der Waals surface area contributed by atoms with Gasteiger partial charge in [0.25, 0.3) is 0 Å². The summed E-state index contributed by atoms with van der Waals surface area (Å²) in [5.41, 5.74) is 6.91. The molecule has 0 saturated heterocycles. The largest absolute Gasteiger partial charge is 0.399 e. The Morgan fingerprint density at radius 3 is 2.59 bits per heavy atom. The van der Waals surface area contributed by atoms with Crippen LogP contribution in [-0.4, -0.2) is 0 Å². The topological polar surface area (TPSA) is 38.0 Å². The van der Waals surface area contributed by atoms with Gasteiger partial charge in [-0.2, -0.15) is 0 Å². The first kappa shape index (κ1) is 11.4. The Labute approximate surface area is 98.1 Å². The fraction of sp³-hybridized carbons (Fsp3) is 0.0769. The molecule has 0 aromatic heterocycles. The summed E-state index contributed by atoms with van der Waals surface area (Å²) in [6.45, 7) is 0.360. The van der Waals surface area contributed by atoms with Gasteiger partial charge in [0.15, 0.2) is 0 Å². The van der Waals surface area contributed by atoms with Gasteiger partial charge in [-0.3, -0.25) is 0 Å². The fourth-order valence-electron chi connectivity index (χ4n) is 1.52. The van der Waals surface area contributed by atoms with Crippen molar-refractivity contribution in [2.45, 2.75) is 6.54 Å². The molecule has 2 aromatic carbocycles. The second-order valence-corrected chi connectivity index (χ2v) is 3.72. The fourth-order valence-corrected chi connectivity index (χ4v) is 1.52. The van der Waals surface area contributed by atoms with Gasteiger partial charge in [0, 0.05) is 12.2 Å². The Balaban J connectivity index is 2.07. The Morgan fingerprint density at radius 1 is 1.06 bits per heavy atom. The SMILES string of the molecule is Nc1ccc(NCc2cccc(F)c2)c(F)c1. The molecule has 0 fully saturated rings. The van der Waals surface area contributed by atoms with E-state index in [0.717, 1.165) is 5.56 Å². The monoisotopic (exact) mass is 234 g/mol. The molecule has 0 bridgehead atoms. The number of nitrogens with two attached hydrogens (primary N) is 1. The van der Waals surface area contributed by atoms with E-state index in [1.54, 1.807) is 24.3 Å². The summed E-state index contributed by atoms with van der Waals surface area (Å²) in [5, 5.41) is 2.89. The standard InChI is InChI=1S/C13H12F2N2/c14-10-3-1-2-9(6-10)8-17-13-5-4-11(16)7-12(13)15/h1-7,17H,8,16H2. The van der Waals surface area contributed by atoms with Crippen LogP contribution in [-0.2, 0) is 6.54 Å². The molecule has 0 unspecified atom stereocenters. The zero-order valence-corrected chi connectivity index (χ0v) is 9.08. The third-order valence-corrected chi connectivity index (χ3v) is 2.37. The summed E-state index contributed by atoms with van der Waals surface area (Å²) in [6.07, 6.45) is 0. The number of anilines is 2. The van der Waals surface area contributed by atoms with Crippen LogP contribution in [0, 0.1) is 11.6 Å². The highest BCUT2D eigenvalue weighted by Crippen LogP contribution is 2.17. The van der Waals surface area contributed by atoms with E-state index < -0.39 is 5.82 Å². The van der Waals surface area contributed by atoms with Crippen LogP contribution in [0.3, 0.4) is 0 Å². The van der Waals surface area contributed by atoms with Gasteiger partial charge < -0.3 is 11.1 Å². The Hall–Kier alpha value is -2.10. The maximum Gasteiger partial charge on any atom is 0.148 e.